The van der Waals surface area contributed by atoms with E-state index in [1.165, 1.54) is 0 Å². The molecule has 1 aromatic carbocycles. The van der Waals surface area contributed by atoms with Crippen molar-refractivity contribution in [2.45, 2.75) is 19.4 Å². The Morgan fingerprint density at radius 1 is 1.47 bits per heavy atom. The average Bonchev–Trinajstić information content (AvgIpc) is 2.80. The quantitative estimate of drug-likeness (QED) is 0.905. The van der Waals surface area contributed by atoms with Crippen LogP contribution in [0.1, 0.15) is 30.6 Å². The Balaban J connectivity index is 2.42. The Labute approximate surface area is 126 Å². The minimum atomic E-state index is 0.0213. The molecule has 0 amide bonds. The maximum absolute atomic E-state index is 6.11. The Morgan fingerprint density at radius 3 is 2.89 bits per heavy atom. The second kappa shape index (κ2) is 6.50. The van der Waals surface area contributed by atoms with E-state index < -0.39 is 0 Å². The van der Waals surface area contributed by atoms with Crippen molar-refractivity contribution in [2.75, 3.05) is 6.54 Å². The lowest BCUT2D eigenvalue weighted by Crippen LogP contribution is -2.25. The fourth-order valence-corrected chi connectivity index (χ4v) is 2.61. The molecule has 0 saturated carbocycles. The fourth-order valence-electron chi connectivity index (χ4n) is 1.96. The highest BCUT2D eigenvalue weighted by Gasteiger charge is 2.20. The number of hydrogen-bond donors (Lipinski definition) is 1. The minimum absolute atomic E-state index is 0.0213. The van der Waals surface area contributed by atoms with E-state index in [0.29, 0.717) is 0 Å². The van der Waals surface area contributed by atoms with Crippen molar-refractivity contribution in [3.63, 3.8) is 0 Å². The Hall–Kier alpha value is -0.910. The molecule has 0 aliphatic heterocycles. The molecule has 1 N–H and O–H groups in total. The zero-order valence-electron chi connectivity index (χ0n) is 10.9. The number of aromatic nitrogens is 3. The van der Waals surface area contributed by atoms with Gasteiger partial charge in [0, 0.05) is 16.5 Å². The van der Waals surface area contributed by atoms with Crippen molar-refractivity contribution < 1.29 is 0 Å². The van der Waals surface area contributed by atoms with Crippen molar-refractivity contribution >= 4 is 27.5 Å². The first-order chi connectivity index (χ1) is 9.13. The number of rotatable bonds is 5. The van der Waals surface area contributed by atoms with E-state index in [4.69, 9.17) is 11.6 Å². The Morgan fingerprint density at radius 2 is 2.26 bits per heavy atom. The van der Waals surface area contributed by atoms with Gasteiger partial charge in [-0.2, -0.15) is 0 Å². The first kappa shape index (κ1) is 14.5. The molecule has 1 aromatic heterocycles. The number of nitrogens with one attached hydrogen (secondary N) is 1. The molecule has 0 aliphatic carbocycles. The molecular formula is C13H16BrClN4. The maximum atomic E-state index is 6.11. The first-order valence-electron chi connectivity index (χ1n) is 6.16. The Kier molecular flexibility index (Phi) is 4.96. The summed E-state index contributed by atoms with van der Waals surface area (Å²) < 4.78 is 2.80. The van der Waals surface area contributed by atoms with Crippen LogP contribution in [0, 0.1) is 0 Å². The molecular weight excluding hydrogens is 328 g/mol. The van der Waals surface area contributed by atoms with Crippen molar-refractivity contribution in [2.24, 2.45) is 7.05 Å². The highest BCUT2D eigenvalue weighted by molar-refractivity contribution is 9.10. The molecule has 6 heteroatoms. The van der Waals surface area contributed by atoms with Crippen molar-refractivity contribution in [3.8, 4) is 0 Å². The molecule has 102 valence electrons. The smallest absolute Gasteiger partial charge is 0.0799 e. The normalized spacial score (nSPS) is 12.6. The molecule has 2 aromatic rings. The van der Waals surface area contributed by atoms with Gasteiger partial charge in [-0.3, -0.25) is 4.68 Å². The van der Waals surface area contributed by atoms with Gasteiger partial charge in [-0.1, -0.05) is 39.7 Å². The van der Waals surface area contributed by atoms with Crippen LogP contribution in [-0.2, 0) is 7.05 Å². The molecule has 4 nitrogen and oxygen atoms in total. The molecule has 19 heavy (non-hydrogen) atoms. The van der Waals surface area contributed by atoms with Gasteiger partial charge in [-0.15, -0.1) is 5.10 Å². The van der Waals surface area contributed by atoms with Crippen LogP contribution in [0.15, 0.2) is 28.9 Å². The summed E-state index contributed by atoms with van der Waals surface area (Å²) in [7, 11) is 1.89. The summed E-state index contributed by atoms with van der Waals surface area (Å²) in [6, 6.07) is 5.81. The monoisotopic (exact) mass is 342 g/mol. The summed E-state index contributed by atoms with van der Waals surface area (Å²) in [5.41, 5.74) is 2.10. The fraction of sp³-hybridized carbons (Fsp3) is 0.385. The summed E-state index contributed by atoms with van der Waals surface area (Å²) in [4.78, 5) is 0. The van der Waals surface area contributed by atoms with Gasteiger partial charge in [0.15, 0.2) is 0 Å². The third-order valence-electron chi connectivity index (χ3n) is 2.91. The summed E-state index contributed by atoms with van der Waals surface area (Å²) in [6.45, 7) is 3.05. The van der Waals surface area contributed by atoms with Crippen LogP contribution in [0.4, 0.5) is 0 Å². The van der Waals surface area contributed by atoms with Gasteiger partial charge in [0.05, 0.1) is 17.9 Å². The van der Waals surface area contributed by atoms with Crippen LogP contribution in [-0.4, -0.2) is 21.5 Å². The third kappa shape index (κ3) is 3.35. The lowest BCUT2D eigenvalue weighted by Gasteiger charge is -2.20. The van der Waals surface area contributed by atoms with Gasteiger partial charge in [-0.05, 0) is 36.7 Å². The maximum Gasteiger partial charge on any atom is 0.0799 e. The summed E-state index contributed by atoms with van der Waals surface area (Å²) in [5, 5.41) is 12.2. The standard InChI is InChI=1S/C13H16BrClN4/c1-3-6-16-13(12-8-17-18-19(12)2)10-7-9(15)4-5-11(10)14/h4-5,7-8,13,16H,3,6H2,1-2H3. The topological polar surface area (TPSA) is 42.7 Å². The van der Waals surface area contributed by atoms with E-state index in [-0.39, 0.29) is 6.04 Å². The molecule has 1 heterocycles. The predicted molar refractivity (Wildman–Crippen MR) is 80.3 cm³/mol. The minimum Gasteiger partial charge on any atom is -0.305 e. The molecule has 1 unspecified atom stereocenters. The highest BCUT2D eigenvalue weighted by Crippen LogP contribution is 2.30. The van der Waals surface area contributed by atoms with Gasteiger partial charge >= 0.3 is 0 Å². The van der Waals surface area contributed by atoms with Crippen LogP contribution in [0.25, 0.3) is 0 Å². The van der Waals surface area contributed by atoms with E-state index in [2.05, 4.69) is 38.5 Å². The lowest BCUT2D eigenvalue weighted by atomic mass is 10.0. The summed E-state index contributed by atoms with van der Waals surface area (Å²) in [6.07, 6.45) is 2.83. The van der Waals surface area contributed by atoms with Crippen LogP contribution < -0.4 is 5.32 Å². The molecule has 1 atom stereocenters. The van der Waals surface area contributed by atoms with E-state index >= 15 is 0 Å². The van der Waals surface area contributed by atoms with Crippen LogP contribution in [0.3, 0.4) is 0 Å². The average molecular weight is 344 g/mol. The van der Waals surface area contributed by atoms with Gasteiger partial charge in [0.2, 0.25) is 0 Å². The molecule has 2 rings (SSSR count). The molecule has 0 radical (unpaired) electrons. The Bertz CT molecular complexity index is 555. The van der Waals surface area contributed by atoms with Crippen molar-refractivity contribution in [1.82, 2.24) is 20.3 Å². The molecule has 0 spiro atoms. The third-order valence-corrected chi connectivity index (χ3v) is 3.87. The number of aryl methyl sites for hydroxylation is 1. The summed E-state index contributed by atoms with van der Waals surface area (Å²) >= 11 is 9.69. The zero-order valence-corrected chi connectivity index (χ0v) is 13.2. The highest BCUT2D eigenvalue weighted by atomic mass is 79.9. The van der Waals surface area contributed by atoms with E-state index in [0.717, 1.165) is 33.7 Å². The SMILES string of the molecule is CCCNC(c1cc(Cl)ccc1Br)c1cnnn1C. The first-order valence-corrected chi connectivity index (χ1v) is 7.33. The largest absolute Gasteiger partial charge is 0.305 e. The van der Waals surface area contributed by atoms with Crippen LogP contribution in [0.5, 0.6) is 0 Å². The van der Waals surface area contributed by atoms with Gasteiger partial charge in [0.1, 0.15) is 0 Å². The van der Waals surface area contributed by atoms with E-state index in [9.17, 15) is 0 Å². The lowest BCUT2D eigenvalue weighted by molar-refractivity contribution is 0.549. The molecule has 0 aliphatic rings. The molecule has 0 fully saturated rings. The number of hydrogen-bond acceptors (Lipinski definition) is 3. The molecule has 0 bridgehead atoms. The zero-order chi connectivity index (χ0) is 13.8. The van der Waals surface area contributed by atoms with Crippen molar-refractivity contribution in [1.29, 1.82) is 0 Å². The number of nitrogens with zero attached hydrogens (tertiary/aromatic N) is 3. The van der Waals surface area contributed by atoms with E-state index in [1.807, 2.05) is 25.2 Å². The second-order valence-electron chi connectivity index (χ2n) is 4.34. The predicted octanol–water partition coefficient (Wildman–Crippen LogP) is 3.32. The van der Waals surface area contributed by atoms with Crippen molar-refractivity contribution in [3.05, 3.63) is 45.1 Å². The van der Waals surface area contributed by atoms with Gasteiger partial charge < -0.3 is 5.32 Å². The number of halogens is 2. The van der Waals surface area contributed by atoms with Gasteiger partial charge in [-0.25, -0.2) is 0 Å². The molecule has 0 saturated heterocycles. The van der Waals surface area contributed by atoms with Crippen LogP contribution >= 0.6 is 27.5 Å². The van der Waals surface area contributed by atoms with E-state index in [1.54, 1.807) is 10.9 Å². The number of benzene rings is 1. The summed E-state index contributed by atoms with van der Waals surface area (Å²) in [5.74, 6) is 0. The van der Waals surface area contributed by atoms with Gasteiger partial charge in [0.25, 0.3) is 0 Å². The second-order valence-corrected chi connectivity index (χ2v) is 5.63. The van der Waals surface area contributed by atoms with Crippen LogP contribution in [0.2, 0.25) is 5.02 Å².